The van der Waals surface area contributed by atoms with Crippen molar-refractivity contribution in [1.82, 2.24) is 10.2 Å². The van der Waals surface area contributed by atoms with E-state index in [1.807, 2.05) is 29.2 Å². The van der Waals surface area contributed by atoms with E-state index in [0.717, 1.165) is 31.7 Å². The van der Waals surface area contributed by atoms with E-state index in [-0.39, 0.29) is 11.9 Å². The van der Waals surface area contributed by atoms with Gasteiger partial charge >= 0.3 is 0 Å². The van der Waals surface area contributed by atoms with Gasteiger partial charge in [0.2, 0.25) is 5.91 Å². The molecule has 1 aromatic rings. The number of nitrogens with zero attached hydrogens (tertiary/aromatic N) is 1. The maximum Gasteiger partial charge on any atom is 0.236 e. The Labute approximate surface area is 127 Å². The molecule has 1 aromatic carbocycles. The molecule has 21 heavy (non-hydrogen) atoms. The molecule has 1 atom stereocenters. The summed E-state index contributed by atoms with van der Waals surface area (Å²) in [6, 6.07) is 8.13. The van der Waals surface area contributed by atoms with Crippen LogP contribution in [0.1, 0.15) is 44.2 Å². The molecule has 1 fully saturated rings. The van der Waals surface area contributed by atoms with Crippen LogP contribution in [0.5, 0.6) is 5.75 Å². The molecule has 0 unspecified atom stereocenters. The van der Waals surface area contributed by atoms with Gasteiger partial charge in [0.1, 0.15) is 5.75 Å². The number of rotatable bonds is 5. The summed E-state index contributed by atoms with van der Waals surface area (Å²) in [7, 11) is 1.66. The summed E-state index contributed by atoms with van der Waals surface area (Å²) in [6.07, 6.45) is 4.78. The lowest BCUT2D eigenvalue weighted by Crippen LogP contribution is -2.39. The number of nitrogens with one attached hydrogen (secondary N) is 1. The van der Waals surface area contributed by atoms with Gasteiger partial charge in [-0.3, -0.25) is 4.79 Å². The summed E-state index contributed by atoms with van der Waals surface area (Å²) in [4.78, 5) is 14.2. The number of benzene rings is 1. The fraction of sp³-hybridized carbons (Fsp3) is 0.588. The highest BCUT2D eigenvalue weighted by atomic mass is 16.5. The number of amides is 1. The molecule has 1 saturated heterocycles. The summed E-state index contributed by atoms with van der Waals surface area (Å²) in [5.74, 6) is 1.07. The minimum atomic E-state index is 0.159. The van der Waals surface area contributed by atoms with Gasteiger partial charge in [-0.05, 0) is 37.5 Å². The number of carbonyl (C=O) groups is 1. The molecule has 4 nitrogen and oxygen atoms in total. The third-order valence-corrected chi connectivity index (χ3v) is 4.13. The van der Waals surface area contributed by atoms with Crippen molar-refractivity contribution < 1.29 is 9.53 Å². The molecule has 116 valence electrons. The van der Waals surface area contributed by atoms with Crippen molar-refractivity contribution in [3.8, 4) is 5.75 Å². The van der Waals surface area contributed by atoms with Crippen molar-refractivity contribution in [2.45, 2.75) is 38.6 Å². The zero-order chi connectivity index (χ0) is 15.1. The van der Waals surface area contributed by atoms with Gasteiger partial charge in [0.25, 0.3) is 0 Å². The van der Waals surface area contributed by atoms with Crippen molar-refractivity contribution in [3.63, 3.8) is 0 Å². The second-order valence-electron chi connectivity index (χ2n) is 5.67. The van der Waals surface area contributed by atoms with Crippen LogP contribution in [0.4, 0.5) is 0 Å². The quantitative estimate of drug-likeness (QED) is 0.906. The Morgan fingerprint density at radius 1 is 1.19 bits per heavy atom. The van der Waals surface area contributed by atoms with Crippen molar-refractivity contribution >= 4 is 5.91 Å². The van der Waals surface area contributed by atoms with Crippen LogP contribution >= 0.6 is 0 Å². The Morgan fingerprint density at radius 2 is 1.81 bits per heavy atom. The van der Waals surface area contributed by atoms with Crippen LogP contribution in [0.25, 0.3) is 0 Å². The Kier molecular flexibility index (Phi) is 6.05. The smallest absolute Gasteiger partial charge is 0.236 e. The van der Waals surface area contributed by atoms with Crippen LogP contribution in [0.2, 0.25) is 0 Å². The van der Waals surface area contributed by atoms with Crippen LogP contribution in [0.3, 0.4) is 0 Å². The van der Waals surface area contributed by atoms with Gasteiger partial charge in [-0.2, -0.15) is 0 Å². The molecule has 4 heteroatoms. The van der Waals surface area contributed by atoms with E-state index >= 15 is 0 Å². The van der Waals surface area contributed by atoms with Crippen molar-refractivity contribution in [1.29, 1.82) is 0 Å². The number of methoxy groups -OCH3 is 1. The van der Waals surface area contributed by atoms with E-state index in [1.54, 1.807) is 7.11 Å². The second kappa shape index (κ2) is 8.03. The lowest BCUT2D eigenvalue weighted by atomic mass is 10.1. The standard InChI is InChI=1S/C17H26N2O2/c1-14(15-7-9-16(21-2)10-8-15)18-13-17(20)19-11-5-3-4-6-12-19/h7-10,14,18H,3-6,11-13H2,1-2H3/t14-/m1/s1. The van der Waals surface area contributed by atoms with Gasteiger partial charge in [0, 0.05) is 19.1 Å². The Balaban J connectivity index is 1.81. The van der Waals surface area contributed by atoms with Gasteiger partial charge in [0.05, 0.1) is 13.7 Å². The first-order valence-corrected chi connectivity index (χ1v) is 7.86. The summed E-state index contributed by atoms with van der Waals surface area (Å²) in [5.41, 5.74) is 1.17. The van der Waals surface area contributed by atoms with Gasteiger partial charge in [0.15, 0.2) is 0 Å². The second-order valence-corrected chi connectivity index (χ2v) is 5.67. The van der Waals surface area contributed by atoms with Crippen molar-refractivity contribution in [2.75, 3.05) is 26.7 Å². The Morgan fingerprint density at radius 3 is 2.38 bits per heavy atom. The molecule has 0 saturated carbocycles. The molecule has 1 heterocycles. The molecule has 0 aliphatic carbocycles. The predicted molar refractivity (Wildman–Crippen MR) is 84.5 cm³/mol. The molecule has 0 bridgehead atoms. The zero-order valence-corrected chi connectivity index (χ0v) is 13.1. The first-order valence-electron chi connectivity index (χ1n) is 7.86. The highest BCUT2D eigenvalue weighted by Gasteiger charge is 2.16. The molecule has 1 aliphatic rings. The van der Waals surface area contributed by atoms with E-state index < -0.39 is 0 Å². The lowest BCUT2D eigenvalue weighted by Gasteiger charge is -2.22. The number of carbonyl (C=O) groups excluding carboxylic acids is 1. The Bertz CT molecular complexity index is 437. The third-order valence-electron chi connectivity index (χ3n) is 4.13. The molecular formula is C17H26N2O2. The molecule has 0 radical (unpaired) electrons. The fourth-order valence-corrected chi connectivity index (χ4v) is 2.68. The van der Waals surface area contributed by atoms with Crippen molar-refractivity contribution in [2.24, 2.45) is 0 Å². The highest BCUT2D eigenvalue weighted by molar-refractivity contribution is 5.78. The van der Waals surface area contributed by atoms with Crippen LogP contribution in [-0.2, 0) is 4.79 Å². The molecule has 1 aliphatic heterocycles. The van der Waals surface area contributed by atoms with E-state index in [1.165, 1.54) is 18.4 Å². The maximum atomic E-state index is 12.2. The monoisotopic (exact) mass is 290 g/mol. The largest absolute Gasteiger partial charge is 0.497 e. The minimum Gasteiger partial charge on any atom is -0.497 e. The van der Waals surface area contributed by atoms with Crippen LogP contribution < -0.4 is 10.1 Å². The SMILES string of the molecule is COc1ccc([C@@H](C)NCC(=O)N2CCCCCC2)cc1. The number of hydrogen-bond acceptors (Lipinski definition) is 3. The molecule has 0 spiro atoms. The highest BCUT2D eigenvalue weighted by Crippen LogP contribution is 2.17. The lowest BCUT2D eigenvalue weighted by molar-refractivity contribution is -0.130. The molecule has 1 amide bonds. The van der Waals surface area contributed by atoms with Crippen LogP contribution in [0, 0.1) is 0 Å². The first-order chi connectivity index (χ1) is 10.2. The van der Waals surface area contributed by atoms with Gasteiger partial charge in [-0.15, -0.1) is 0 Å². The van der Waals surface area contributed by atoms with Crippen molar-refractivity contribution in [3.05, 3.63) is 29.8 Å². The molecule has 2 rings (SSSR count). The number of ether oxygens (including phenoxy) is 1. The van der Waals surface area contributed by atoms with Gasteiger partial charge in [-0.25, -0.2) is 0 Å². The summed E-state index contributed by atoms with van der Waals surface area (Å²) in [5, 5.41) is 3.32. The van der Waals surface area contributed by atoms with Gasteiger partial charge < -0.3 is 15.0 Å². The first kappa shape index (κ1) is 15.8. The summed E-state index contributed by atoms with van der Waals surface area (Å²) >= 11 is 0. The normalized spacial score (nSPS) is 17.1. The van der Waals surface area contributed by atoms with E-state index in [9.17, 15) is 4.79 Å². The molecular weight excluding hydrogens is 264 g/mol. The fourth-order valence-electron chi connectivity index (χ4n) is 2.68. The van der Waals surface area contributed by atoms with E-state index in [4.69, 9.17) is 4.74 Å². The average Bonchev–Trinajstić information content (AvgIpc) is 2.81. The summed E-state index contributed by atoms with van der Waals surface area (Å²) < 4.78 is 5.16. The average molecular weight is 290 g/mol. The summed E-state index contributed by atoms with van der Waals surface area (Å²) in [6.45, 7) is 4.32. The zero-order valence-electron chi connectivity index (χ0n) is 13.1. The Hall–Kier alpha value is -1.55. The van der Waals surface area contributed by atoms with Gasteiger partial charge in [-0.1, -0.05) is 25.0 Å². The molecule has 0 aromatic heterocycles. The number of likely N-dealkylation sites (tertiary alicyclic amines) is 1. The molecule has 1 N–H and O–H groups in total. The van der Waals surface area contributed by atoms with Crippen LogP contribution in [-0.4, -0.2) is 37.6 Å². The third kappa shape index (κ3) is 4.74. The number of hydrogen-bond donors (Lipinski definition) is 1. The minimum absolute atomic E-state index is 0.159. The predicted octanol–water partition coefficient (Wildman–Crippen LogP) is 2.75. The topological polar surface area (TPSA) is 41.6 Å². The van der Waals surface area contributed by atoms with E-state index in [0.29, 0.717) is 6.54 Å². The van der Waals surface area contributed by atoms with E-state index in [2.05, 4.69) is 12.2 Å². The maximum absolute atomic E-state index is 12.2. The van der Waals surface area contributed by atoms with Crippen LogP contribution in [0.15, 0.2) is 24.3 Å².